The van der Waals surface area contributed by atoms with E-state index in [0.29, 0.717) is 17.8 Å². The van der Waals surface area contributed by atoms with Crippen molar-refractivity contribution in [3.05, 3.63) is 166 Å². The van der Waals surface area contributed by atoms with Gasteiger partial charge in [0.25, 0.3) is 5.91 Å². The molecule has 0 aliphatic carbocycles. The van der Waals surface area contributed by atoms with Crippen molar-refractivity contribution in [2.75, 3.05) is 25.5 Å². The van der Waals surface area contributed by atoms with Crippen LogP contribution in [0.1, 0.15) is 77.3 Å². The summed E-state index contributed by atoms with van der Waals surface area (Å²) < 4.78 is 18.4. The highest BCUT2D eigenvalue weighted by Crippen LogP contribution is 2.47. The third kappa shape index (κ3) is 7.64. The normalized spacial score (nSPS) is 19.8. The topological polar surface area (TPSA) is 127 Å². The van der Waals surface area contributed by atoms with E-state index in [1.165, 1.54) is 18.2 Å². The number of carbonyl (C=O) groups excluding carboxylic acids is 3. The largest absolute Gasteiger partial charge is 0.392 e. The number of hydrogen-bond donors (Lipinski definition) is 2. The highest BCUT2D eigenvalue weighted by Gasteiger charge is 2.42. The average Bonchev–Trinajstić information content (AvgIpc) is 3.46. The van der Waals surface area contributed by atoms with E-state index in [1.54, 1.807) is 12.3 Å². The third-order valence-corrected chi connectivity index (χ3v) is 9.26. The number of likely N-dealkylation sites (N-methyl/N-ethyl adjacent to an activating group) is 1. The summed E-state index contributed by atoms with van der Waals surface area (Å²) in [6, 6.07) is 35.5. The Bertz CT molecular complexity index is 2020. The van der Waals surface area contributed by atoms with Gasteiger partial charge in [-0.1, -0.05) is 72.8 Å². The van der Waals surface area contributed by atoms with Crippen molar-refractivity contribution in [1.29, 1.82) is 0 Å². The van der Waals surface area contributed by atoms with Crippen molar-refractivity contribution in [1.82, 2.24) is 9.88 Å². The molecule has 2 aliphatic rings. The minimum absolute atomic E-state index is 0.0600. The summed E-state index contributed by atoms with van der Waals surface area (Å²) in [5.41, 5.74) is 5.47. The Morgan fingerprint density at radius 1 is 0.804 bits per heavy atom. The highest BCUT2D eigenvalue weighted by molar-refractivity contribution is 6.16. The molecular weight excluding hydrogens is 646 g/mol. The molecule has 1 aromatic heterocycles. The van der Waals surface area contributed by atoms with Crippen LogP contribution in [0.5, 0.6) is 0 Å². The SMILES string of the molecule is CN(CCc1ccccn1)CC1OC(c2cccc(NC(=O)c3ccc4c(c3)C(=O)OC4=O)c2)OC(c2ccc(CO)cc2)C1c1ccccc1. The van der Waals surface area contributed by atoms with E-state index in [-0.39, 0.29) is 35.3 Å². The van der Waals surface area contributed by atoms with Crippen molar-refractivity contribution >= 4 is 23.5 Å². The third-order valence-electron chi connectivity index (χ3n) is 9.26. The second kappa shape index (κ2) is 15.2. The molecule has 4 unspecified atom stereocenters. The number of aliphatic hydroxyl groups excluding tert-OH is 1. The predicted molar refractivity (Wildman–Crippen MR) is 189 cm³/mol. The van der Waals surface area contributed by atoms with Crippen LogP contribution in [-0.4, -0.2) is 59.1 Å². The number of carbonyl (C=O) groups is 3. The summed E-state index contributed by atoms with van der Waals surface area (Å²) in [5.74, 6) is -2.12. The van der Waals surface area contributed by atoms with Gasteiger partial charge in [-0.15, -0.1) is 0 Å². The molecule has 10 heteroatoms. The van der Waals surface area contributed by atoms with Gasteiger partial charge in [0.05, 0.1) is 29.9 Å². The number of hydrogen-bond acceptors (Lipinski definition) is 9. The number of nitrogens with zero attached hydrogens (tertiary/aromatic N) is 2. The Kier molecular flexibility index (Phi) is 10.1. The quantitative estimate of drug-likeness (QED) is 0.123. The van der Waals surface area contributed by atoms with E-state index in [4.69, 9.17) is 9.47 Å². The number of aromatic nitrogens is 1. The molecule has 0 bridgehead atoms. The number of aliphatic hydroxyl groups is 1. The Morgan fingerprint density at radius 2 is 1.57 bits per heavy atom. The Labute approximate surface area is 295 Å². The van der Waals surface area contributed by atoms with Crippen LogP contribution in [0.3, 0.4) is 0 Å². The van der Waals surface area contributed by atoms with Gasteiger partial charge >= 0.3 is 11.9 Å². The molecule has 0 radical (unpaired) electrons. The molecule has 4 aromatic carbocycles. The zero-order valence-electron chi connectivity index (χ0n) is 28.0. The molecule has 10 nitrogen and oxygen atoms in total. The van der Waals surface area contributed by atoms with Crippen LogP contribution in [0.4, 0.5) is 5.69 Å². The van der Waals surface area contributed by atoms with Crippen LogP contribution in [0.25, 0.3) is 0 Å². The summed E-state index contributed by atoms with van der Waals surface area (Å²) in [6.07, 6.45) is 1.11. The van der Waals surface area contributed by atoms with E-state index >= 15 is 0 Å². The Morgan fingerprint density at radius 3 is 2.33 bits per heavy atom. The fourth-order valence-corrected chi connectivity index (χ4v) is 6.61. The van der Waals surface area contributed by atoms with Crippen LogP contribution in [-0.2, 0) is 27.2 Å². The molecule has 0 spiro atoms. The second-order valence-electron chi connectivity index (χ2n) is 12.7. The Hall–Kier alpha value is -5.52. The molecule has 258 valence electrons. The maximum Gasteiger partial charge on any atom is 0.346 e. The first-order valence-corrected chi connectivity index (χ1v) is 16.8. The molecule has 4 atom stereocenters. The molecule has 1 amide bonds. The number of pyridine rings is 1. The van der Waals surface area contributed by atoms with Crippen molar-refractivity contribution < 1.29 is 33.7 Å². The lowest BCUT2D eigenvalue weighted by molar-refractivity contribution is -0.263. The van der Waals surface area contributed by atoms with Crippen molar-refractivity contribution in [2.24, 2.45) is 0 Å². The molecular formula is C41H37N3O7. The first-order chi connectivity index (χ1) is 24.9. The van der Waals surface area contributed by atoms with E-state index in [0.717, 1.165) is 35.3 Å². The summed E-state index contributed by atoms with van der Waals surface area (Å²) in [5, 5.41) is 12.6. The van der Waals surface area contributed by atoms with Crippen molar-refractivity contribution in [3.8, 4) is 0 Å². The van der Waals surface area contributed by atoms with Crippen LogP contribution in [0, 0.1) is 0 Å². The first kappa shape index (κ1) is 34.0. The van der Waals surface area contributed by atoms with Gasteiger partial charge in [-0.05, 0) is 66.2 Å². The fraction of sp³-hybridized carbons (Fsp3) is 0.220. The lowest BCUT2D eigenvalue weighted by Crippen LogP contribution is -2.43. The first-order valence-electron chi connectivity index (χ1n) is 16.8. The van der Waals surface area contributed by atoms with Crippen LogP contribution >= 0.6 is 0 Å². The van der Waals surface area contributed by atoms with Crippen LogP contribution in [0.15, 0.2) is 121 Å². The van der Waals surface area contributed by atoms with Crippen LogP contribution in [0.2, 0.25) is 0 Å². The number of ether oxygens (including phenoxy) is 3. The molecule has 51 heavy (non-hydrogen) atoms. The zero-order valence-corrected chi connectivity index (χ0v) is 28.0. The highest BCUT2D eigenvalue weighted by atomic mass is 16.7. The van der Waals surface area contributed by atoms with Gasteiger partial charge < -0.3 is 29.5 Å². The number of nitrogens with one attached hydrogen (secondary N) is 1. The van der Waals surface area contributed by atoms with Crippen molar-refractivity contribution in [3.63, 3.8) is 0 Å². The van der Waals surface area contributed by atoms with Gasteiger partial charge in [-0.25, -0.2) is 9.59 Å². The number of cyclic esters (lactones) is 2. The minimum atomic E-state index is -0.778. The fourth-order valence-electron chi connectivity index (χ4n) is 6.61. The van der Waals surface area contributed by atoms with E-state index in [2.05, 4.69) is 39.1 Å². The summed E-state index contributed by atoms with van der Waals surface area (Å²) in [6.45, 7) is 1.32. The Balaban J connectivity index is 1.18. The number of rotatable bonds is 11. The summed E-state index contributed by atoms with van der Waals surface area (Å²) in [7, 11) is 2.08. The molecule has 2 aliphatic heterocycles. The minimum Gasteiger partial charge on any atom is -0.392 e. The van der Waals surface area contributed by atoms with Gasteiger partial charge in [-0.3, -0.25) is 9.78 Å². The maximum atomic E-state index is 13.3. The smallest absolute Gasteiger partial charge is 0.346 e. The number of amides is 1. The summed E-state index contributed by atoms with van der Waals surface area (Å²) >= 11 is 0. The molecule has 7 rings (SSSR count). The molecule has 5 aromatic rings. The van der Waals surface area contributed by atoms with Gasteiger partial charge in [0.15, 0.2) is 6.29 Å². The molecule has 0 saturated carbocycles. The number of esters is 2. The predicted octanol–water partition coefficient (Wildman–Crippen LogP) is 6.25. The van der Waals surface area contributed by atoms with Gasteiger partial charge in [0, 0.05) is 54.1 Å². The van der Waals surface area contributed by atoms with E-state index in [9.17, 15) is 19.5 Å². The van der Waals surface area contributed by atoms with Gasteiger partial charge in [-0.2, -0.15) is 0 Å². The van der Waals surface area contributed by atoms with E-state index in [1.807, 2.05) is 78.9 Å². The standard InChI is InChI=1S/C41H37N3O7/c1-44(21-19-31-11-5-6-20-42-31)24-35-36(27-8-3-2-4-9-27)37(28-15-13-26(25-45)14-16-28)50-41(49-35)30-10-7-12-32(22-30)43-38(46)29-17-18-33-34(23-29)40(48)51-39(33)47/h2-18,20,22-23,35-37,41,45H,19,21,24-25H2,1H3,(H,43,46). The number of fused-ring (bicyclic) bond motifs is 1. The molecule has 1 saturated heterocycles. The second-order valence-corrected chi connectivity index (χ2v) is 12.7. The monoisotopic (exact) mass is 683 g/mol. The van der Waals surface area contributed by atoms with Gasteiger partial charge in [0.2, 0.25) is 0 Å². The maximum absolute atomic E-state index is 13.3. The molecule has 1 fully saturated rings. The van der Waals surface area contributed by atoms with Crippen molar-refractivity contribution in [2.45, 2.75) is 37.4 Å². The lowest BCUT2D eigenvalue weighted by Gasteiger charge is -2.44. The number of anilines is 1. The average molecular weight is 684 g/mol. The lowest BCUT2D eigenvalue weighted by atomic mass is 9.83. The molecule has 3 heterocycles. The van der Waals surface area contributed by atoms with E-state index < -0.39 is 30.2 Å². The van der Waals surface area contributed by atoms with Gasteiger partial charge in [0.1, 0.15) is 0 Å². The zero-order chi connectivity index (χ0) is 35.3. The number of benzene rings is 4. The van der Waals surface area contributed by atoms with Crippen LogP contribution < -0.4 is 5.32 Å². The molecule has 2 N–H and O–H groups in total. The summed E-state index contributed by atoms with van der Waals surface area (Å²) in [4.78, 5) is 44.0.